The fourth-order valence-corrected chi connectivity index (χ4v) is 3.10. The van der Waals surface area contributed by atoms with Crippen LogP contribution in [0.3, 0.4) is 0 Å². The first-order valence-electron chi connectivity index (χ1n) is 6.24. The fraction of sp³-hybridized carbons (Fsp3) is 0.500. The topological polar surface area (TPSA) is 40.5 Å². The van der Waals surface area contributed by atoms with E-state index in [4.69, 9.17) is 5.11 Å². The molecule has 0 aliphatic carbocycles. The molecule has 0 amide bonds. The van der Waals surface area contributed by atoms with Crippen LogP contribution in [-0.2, 0) is 11.2 Å². The van der Waals surface area contributed by atoms with Crippen LogP contribution in [0.1, 0.15) is 24.0 Å². The number of carboxylic acids is 1. The van der Waals surface area contributed by atoms with Gasteiger partial charge in [0.1, 0.15) is 0 Å². The highest BCUT2D eigenvalue weighted by Crippen LogP contribution is 2.38. The smallest absolute Gasteiger partial charge is 0.308 e. The molecular weight excluding hydrogens is 214 g/mol. The van der Waals surface area contributed by atoms with E-state index in [2.05, 4.69) is 30.0 Å². The van der Waals surface area contributed by atoms with Crippen molar-refractivity contribution in [2.75, 3.05) is 11.4 Å². The van der Waals surface area contributed by atoms with Gasteiger partial charge >= 0.3 is 5.97 Å². The van der Waals surface area contributed by atoms with Gasteiger partial charge in [0.25, 0.3) is 0 Å². The van der Waals surface area contributed by atoms with Crippen LogP contribution in [0.5, 0.6) is 0 Å². The second-order valence-corrected chi connectivity index (χ2v) is 5.25. The zero-order valence-corrected chi connectivity index (χ0v) is 10.0. The molecule has 0 spiro atoms. The van der Waals surface area contributed by atoms with Gasteiger partial charge in [-0.05, 0) is 43.4 Å². The van der Waals surface area contributed by atoms with Crippen molar-refractivity contribution in [3.8, 4) is 0 Å². The Labute approximate surface area is 101 Å². The maximum absolute atomic E-state index is 11.1. The van der Waals surface area contributed by atoms with Gasteiger partial charge in [-0.1, -0.05) is 12.1 Å². The van der Waals surface area contributed by atoms with Gasteiger partial charge < -0.3 is 10.0 Å². The molecule has 17 heavy (non-hydrogen) atoms. The molecule has 1 fully saturated rings. The van der Waals surface area contributed by atoms with Crippen molar-refractivity contribution in [3.63, 3.8) is 0 Å². The SMILES string of the molecule is Cc1ccc2c(c1)N1CC(C(=O)O)CCC1C2. The molecule has 0 bridgehead atoms. The molecule has 0 saturated carbocycles. The third-order valence-electron chi connectivity index (χ3n) is 4.06. The van der Waals surface area contributed by atoms with Gasteiger partial charge in [-0.25, -0.2) is 0 Å². The standard InChI is InChI=1S/C14H17NO2/c1-9-2-3-10-7-12-5-4-11(14(16)17)8-15(12)13(10)6-9/h2-3,6,11-12H,4-5,7-8H2,1H3,(H,16,17). The summed E-state index contributed by atoms with van der Waals surface area (Å²) in [6, 6.07) is 7.06. The predicted molar refractivity (Wildman–Crippen MR) is 66.4 cm³/mol. The predicted octanol–water partition coefficient (Wildman–Crippen LogP) is 2.22. The van der Waals surface area contributed by atoms with E-state index >= 15 is 0 Å². The summed E-state index contributed by atoms with van der Waals surface area (Å²) in [5, 5.41) is 9.13. The highest BCUT2D eigenvalue weighted by Gasteiger charge is 2.36. The zero-order valence-electron chi connectivity index (χ0n) is 10.0. The number of hydrogen-bond donors (Lipinski definition) is 1. The van der Waals surface area contributed by atoms with E-state index in [-0.39, 0.29) is 5.92 Å². The molecule has 1 saturated heterocycles. The molecule has 2 unspecified atom stereocenters. The van der Waals surface area contributed by atoms with Gasteiger partial charge in [-0.15, -0.1) is 0 Å². The third-order valence-corrected chi connectivity index (χ3v) is 4.06. The Kier molecular flexibility index (Phi) is 2.35. The molecule has 2 heterocycles. The molecule has 3 heteroatoms. The maximum atomic E-state index is 11.1. The van der Waals surface area contributed by atoms with Crippen LogP contribution in [0.25, 0.3) is 0 Å². The highest BCUT2D eigenvalue weighted by atomic mass is 16.4. The van der Waals surface area contributed by atoms with Crippen LogP contribution in [0.15, 0.2) is 18.2 Å². The summed E-state index contributed by atoms with van der Waals surface area (Å²) in [6.07, 6.45) is 2.91. The number of benzene rings is 1. The van der Waals surface area contributed by atoms with E-state index in [1.807, 2.05) is 0 Å². The minimum atomic E-state index is -0.649. The molecule has 1 aromatic rings. The summed E-state index contributed by atoms with van der Waals surface area (Å²) in [6.45, 7) is 2.77. The molecule has 2 aliphatic rings. The zero-order chi connectivity index (χ0) is 12.0. The largest absolute Gasteiger partial charge is 0.481 e. The lowest BCUT2D eigenvalue weighted by Crippen LogP contribution is -2.43. The van der Waals surface area contributed by atoms with Gasteiger partial charge in [-0.2, -0.15) is 0 Å². The molecule has 1 aromatic carbocycles. The van der Waals surface area contributed by atoms with Crippen LogP contribution in [-0.4, -0.2) is 23.7 Å². The molecule has 0 radical (unpaired) electrons. The molecule has 1 N–H and O–H groups in total. The fourth-order valence-electron chi connectivity index (χ4n) is 3.10. The number of hydrogen-bond acceptors (Lipinski definition) is 2. The Morgan fingerprint density at radius 2 is 2.24 bits per heavy atom. The van der Waals surface area contributed by atoms with E-state index in [1.54, 1.807) is 0 Å². The highest BCUT2D eigenvalue weighted by molar-refractivity contribution is 5.72. The summed E-state index contributed by atoms with van der Waals surface area (Å²) in [5.41, 5.74) is 3.90. The molecular formula is C14H17NO2. The molecule has 3 nitrogen and oxygen atoms in total. The minimum absolute atomic E-state index is 0.197. The van der Waals surface area contributed by atoms with Crippen molar-refractivity contribution in [1.29, 1.82) is 0 Å². The quantitative estimate of drug-likeness (QED) is 0.805. The average molecular weight is 231 g/mol. The first-order chi connectivity index (χ1) is 8.15. The summed E-state index contributed by atoms with van der Waals surface area (Å²) in [5.74, 6) is -0.845. The van der Waals surface area contributed by atoms with E-state index in [0.717, 1.165) is 19.3 Å². The summed E-state index contributed by atoms with van der Waals surface area (Å²) >= 11 is 0. The van der Waals surface area contributed by atoms with Gasteiger partial charge in [0, 0.05) is 18.3 Å². The Morgan fingerprint density at radius 3 is 3.00 bits per heavy atom. The van der Waals surface area contributed by atoms with Crippen LogP contribution >= 0.6 is 0 Å². The average Bonchev–Trinajstić information content (AvgIpc) is 2.66. The molecule has 0 aromatic heterocycles. The summed E-state index contributed by atoms with van der Waals surface area (Å²) < 4.78 is 0. The van der Waals surface area contributed by atoms with Gasteiger partial charge in [0.15, 0.2) is 0 Å². The lowest BCUT2D eigenvalue weighted by molar-refractivity contribution is -0.142. The van der Waals surface area contributed by atoms with Crippen molar-refractivity contribution in [3.05, 3.63) is 29.3 Å². The molecule has 90 valence electrons. The number of fused-ring (bicyclic) bond motifs is 3. The Bertz CT molecular complexity index is 469. The van der Waals surface area contributed by atoms with Crippen molar-refractivity contribution < 1.29 is 9.90 Å². The van der Waals surface area contributed by atoms with E-state index in [9.17, 15) is 4.79 Å². The van der Waals surface area contributed by atoms with Crippen LogP contribution < -0.4 is 4.90 Å². The number of anilines is 1. The Morgan fingerprint density at radius 1 is 1.41 bits per heavy atom. The number of carbonyl (C=O) groups is 1. The van der Waals surface area contributed by atoms with E-state index in [0.29, 0.717) is 12.6 Å². The molecule has 2 atom stereocenters. The number of aliphatic carboxylic acids is 1. The lowest BCUT2D eigenvalue weighted by Gasteiger charge is -2.35. The number of carboxylic acid groups (broad SMARTS) is 1. The van der Waals surface area contributed by atoms with Crippen molar-refractivity contribution in [1.82, 2.24) is 0 Å². The number of aryl methyl sites for hydroxylation is 1. The van der Waals surface area contributed by atoms with Crippen LogP contribution in [0.4, 0.5) is 5.69 Å². The second-order valence-electron chi connectivity index (χ2n) is 5.25. The minimum Gasteiger partial charge on any atom is -0.481 e. The summed E-state index contributed by atoms with van der Waals surface area (Å²) in [7, 11) is 0. The van der Waals surface area contributed by atoms with E-state index < -0.39 is 5.97 Å². The molecule has 2 aliphatic heterocycles. The van der Waals surface area contributed by atoms with Crippen molar-refractivity contribution >= 4 is 11.7 Å². The number of piperidine rings is 1. The van der Waals surface area contributed by atoms with Crippen LogP contribution in [0.2, 0.25) is 0 Å². The monoisotopic (exact) mass is 231 g/mol. The molecule has 3 rings (SSSR count). The maximum Gasteiger partial charge on any atom is 0.308 e. The normalized spacial score (nSPS) is 26.5. The van der Waals surface area contributed by atoms with Crippen LogP contribution in [0, 0.1) is 12.8 Å². The van der Waals surface area contributed by atoms with Crippen molar-refractivity contribution in [2.24, 2.45) is 5.92 Å². The van der Waals surface area contributed by atoms with E-state index in [1.165, 1.54) is 16.8 Å². The first-order valence-corrected chi connectivity index (χ1v) is 6.24. The lowest BCUT2D eigenvalue weighted by atomic mass is 9.93. The Balaban J connectivity index is 1.92. The van der Waals surface area contributed by atoms with Gasteiger partial charge in [0.2, 0.25) is 0 Å². The Hall–Kier alpha value is -1.51. The third kappa shape index (κ3) is 1.70. The number of rotatable bonds is 1. The summed E-state index contributed by atoms with van der Waals surface area (Å²) in [4.78, 5) is 13.4. The van der Waals surface area contributed by atoms with Gasteiger partial charge in [0.05, 0.1) is 5.92 Å². The number of nitrogens with zero attached hydrogens (tertiary/aromatic N) is 1. The second kappa shape index (κ2) is 3.76. The van der Waals surface area contributed by atoms with Crippen molar-refractivity contribution in [2.45, 2.75) is 32.2 Å². The van der Waals surface area contributed by atoms with Gasteiger partial charge in [-0.3, -0.25) is 4.79 Å². The first kappa shape index (κ1) is 10.6.